The molecular formula is C13H13N3O3. The number of esters is 1. The first-order valence-corrected chi connectivity index (χ1v) is 5.79. The van der Waals surface area contributed by atoms with Crippen molar-refractivity contribution in [1.29, 1.82) is 0 Å². The summed E-state index contributed by atoms with van der Waals surface area (Å²) in [5.74, 6) is -0.394. The number of aldehydes is 1. The first kappa shape index (κ1) is 12.9. The third-order valence-electron chi connectivity index (χ3n) is 2.77. The van der Waals surface area contributed by atoms with Crippen molar-refractivity contribution in [2.75, 3.05) is 7.11 Å². The van der Waals surface area contributed by atoms with Crippen LogP contribution in [-0.2, 0) is 11.2 Å². The van der Waals surface area contributed by atoms with Gasteiger partial charge in [0, 0.05) is 0 Å². The van der Waals surface area contributed by atoms with Crippen LogP contribution < -0.4 is 0 Å². The second kappa shape index (κ2) is 5.43. The zero-order chi connectivity index (χ0) is 13.8. The molecule has 0 saturated heterocycles. The molecule has 6 heteroatoms. The summed E-state index contributed by atoms with van der Waals surface area (Å²) in [7, 11) is 1.33. The highest BCUT2D eigenvalue weighted by Gasteiger charge is 2.12. The van der Waals surface area contributed by atoms with Crippen LogP contribution in [0, 0.1) is 0 Å². The van der Waals surface area contributed by atoms with Gasteiger partial charge in [-0.1, -0.05) is 12.1 Å². The predicted octanol–water partition coefficient (Wildman–Crippen LogP) is 1.43. The van der Waals surface area contributed by atoms with Crippen molar-refractivity contribution in [3.05, 3.63) is 41.2 Å². The molecule has 0 saturated carbocycles. The molecule has 1 aromatic heterocycles. The van der Waals surface area contributed by atoms with E-state index in [1.807, 2.05) is 6.92 Å². The second-order valence-corrected chi connectivity index (χ2v) is 3.84. The Labute approximate surface area is 110 Å². The third-order valence-corrected chi connectivity index (χ3v) is 2.77. The van der Waals surface area contributed by atoms with Gasteiger partial charge in [-0.25, -0.2) is 9.48 Å². The van der Waals surface area contributed by atoms with Crippen molar-refractivity contribution in [1.82, 2.24) is 15.0 Å². The number of carbonyl (C=O) groups excluding carboxylic acids is 2. The highest BCUT2D eigenvalue weighted by atomic mass is 16.5. The highest BCUT2D eigenvalue weighted by Crippen LogP contribution is 2.14. The summed E-state index contributed by atoms with van der Waals surface area (Å²) in [6.07, 6.45) is 1.32. The molecule has 0 unspecified atom stereocenters. The highest BCUT2D eigenvalue weighted by molar-refractivity contribution is 5.89. The topological polar surface area (TPSA) is 74.1 Å². The lowest BCUT2D eigenvalue weighted by atomic mass is 10.2. The molecular weight excluding hydrogens is 246 g/mol. The molecule has 0 amide bonds. The van der Waals surface area contributed by atoms with Crippen LogP contribution in [0.2, 0.25) is 0 Å². The molecule has 98 valence electrons. The molecule has 6 nitrogen and oxygen atoms in total. The Hall–Kier alpha value is -2.50. The molecule has 0 bridgehead atoms. The average Bonchev–Trinajstić information content (AvgIpc) is 2.89. The van der Waals surface area contributed by atoms with Gasteiger partial charge >= 0.3 is 5.97 Å². The zero-order valence-corrected chi connectivity index (χ0v) is 10.7. The number of nitrogens with zero attached hydrogens (tertiary/aromatic N) is 3. The van der Waals surface area contributed by atoms with Gasteiger partial charge in [-0.2, -0.15) is 0 Å². The number of benzene rings is 1. The molecule has 0 radical (unpaired) electrons. The Morgan fingerprint density at radius 3 is 2.58 bits per heavy atom. The van der Waals surface area contributed by atoms with Gasteiger partial charge in [-0.3, -0.25) is 4.79 Å². The summed E-state index contributed by atoms with van der Waals surface area (Å²) in [6, 6.07) is 6.75. The van der Waals surface area contributed by atoms with Crippen molar-refractivity contribution in [3.8, 4) is 5.69 Å². The number of rotatable bonds is 4. The maximum atomic E-state index is 11.3. The molecule has 0 spiro atoms. The Bertz CT molecular complexity index is 602. The van der Waals surface area contributed by atoms with Crippen LogP contribution >= 0.6 is 0 Å². The number of aromatic nitrogens is 3. The maximum absolute atomic E-state index is 11.3. The predicted molar refractivity (Wildman–Crippen MR) is 67.5 cm³/mol. The van der Waals surface area contributed by atoms with E-state index >= 15 is 0 Å². The Morgan fingerprint density at radius 2 is 2.05 bits per heavy atom. The summed E-state index contributed by atoms with van der Waals surface area (Å²) >= 11 is 0. The van der Waals surface area contributed by atoms with E-state index in [1.54, 1.807) is 28.9 Å². The Morgan fingerprint density at radius 1 is 1.37 bits per heavy atom. The van der Waals surface area contributed by atoms with Gasteiger partial charge in [0.15, 0.2) is 6.29 Å². The van der Waals surface area contributed by atoms with Crippen LogP contribution in [0.5, 0.6) is 0 Å². The molecule has 2 aromatic rings. The van der Waals surface area contributed by atoms with Gasteiger partial charge in [0.1, 0.15) is 5.69 Å². The third kappa shape index (κ3) is 2.37. The SMILES string of the molecule is CCc1c(C=O)nnn1-c1ccc(C(=O)OC)cc1. The van der Waals surface area contributed by atoms with E-state index in [-0.39, 0.29) is 0 Å². The summed E-state index contributed by atoms with van der Waals surface area (Å²) in [6.45, 7) is 1.92. The lowest BCUT2D eigenvalue weighted by Gasteiger charge is -2.05. The van der Waals surface area contributed by atoms with Crippen molar-refractivity contribution in [2.24, 2.45) is 0 Å². The fourth-order valence-electron chi connectivity index (χ4n) is 1.80. The van der Waals surface area contributed by atoms with E-state index < -0.39 is 5.97 Å². The largest absolute Gasteiger partial charge is 0.465 e. The summed E-state index contributed by atoms with van der Waals surface area (Å²) < 4.78 is 6.22. The van der Waals surface area contributed by atoms with Crippen LogP contribution in [0.15, 0.2) is 24.3 Å². The summed E-state index contributed by atoms with van der Waals surface area (Å²) in [5, 5.41) is 7.75. The monoisotopic (exact) mass is 259 g/mol. The minimum absolute atomic E-state index is 0.333. The van der Waals surface area contributed by atoms with E-state index in [9.17, 15) is 9.59 Å². The lowest BCUT2D eigenvalue weighted by molar-refractivity contribution is 0.0600. The number of ether oxygens (including phenoxy) is 1. The molecule has 1 heterocycles. The quantitative estimate of drug-likeness (QED) is 0.613. The van der Waals surface area contributed by atoms with Crippen LogP contribution in [0.3, 0.4) is 0 Å². The fraction of sp³-hybridized carbons (Fsp3) is 0.231. The number of hydrogen-bond donors (Lipinski definition) is 0. The number of carbonyl (C=O) groups is 2. The molecule has 0 fully saturated rings. The van der Waals surface area contributed by atoms with Crippen molar-refractivity contribution in [2.45, 2.75) is 13.3 Å². The van der Waals surface area contributed by atoms with Crippen molar-refractivity contribution < 1.29 is 14.3 Å². The zero-order valence-electron chi connectivity index (χ0n) is 10.7. The van der Waals surface area contributed by atoms with Crippen LogP contribution in [0.4, 0.5) is 0 Å². The van der Waals surface area contributed by atoms with Crippen molar-refractivity contribution in [3.63, 3.8) is 0 Å². The first-order valence-electron chi connectivity index (χ1n) is 5.79. The van der Waals surface area contributed by atoms with Gasteiger partial charge < -0.3 is 4.74 Å². The fourth-order valence-corrected chi connectivity index (χ4v) is 1.80. The molecule has 0 aliphatic rings. The van der Waals surface area contributed by atoms with Gasteiger partial charge in [-0.05, 0) is 30.7 Å². The van der Waals surface area contributed by atoms with Gasteiger partial charge in [0.05, 0.1) is 24.1 Å². The normalized spacial score (nSPS) is 10.2. The van der Waals surface area contributed by atoms with E-state index in [0.717, 1.165) is 11.4 Å². The standard InChI is InChI=1S/C13H13N3O3/c1-3-12-11(8-17)14-15-16(12)10-6-4-9(5-7-10)13(18)19-2/h4-8H,3H2,1-2H3. The van der Waals surface area contributed by atoms with E-state index in [1.165, 1.54) is 7.11 Å². The molecule has 0 atom stereocenters. The van der Waals surface area contributed by atoms with E-state index in [4.69, 9.17) is 0 Å². The summed E-state index contributed by atoms with van der Waals surface area (Å²) in [4.78, 5) is 22.2. The molecule has 0 aliphatic carbocycles. The lowest BCUT2D eigenvalue weighted by Crippen LogP contribution is -2.05. The minimum atomic E-state index is -0.394. The van der Waals surface area contributed by atoms with E-state index in [2.05, 4.69) is 15.0 Å². The van der Waals surface area contributed by atoms with Gasteiger partial charge in [0.2, 0.25) is 0 Å². The molecule has 1 aromatic carbocycles. The van der Waals surface area contributed by atoms with Gasteiger partial charge in [-0.15, -0.1) is 5.10 Å². The number of hydrogen-bond acceptors (Lipinski definition) is 5. The molecule has 2 rings (SSSR count). The van der Waals surface area contributed by atoms with Gasteiger partial charge in [0.25, 0.3) is 0 Å². The van der Waals surface area contributed by atoms with Crippen molar-refractivity contribution >= 4 is 12.3 Å². The molecule has 0 aliphatic heterocycles. The average molecular weight is 259 g/mol. The molecule has 19 heavy (non-hydrogen) atoms. The minimum Gasteiger partial charge on any atom is -0.465 e. The molecule has 0 N–H and O–H groups in total. The Balaban J connectivity index is 2.40. The maximum Gasteiger partial charge on any atom is 0.337 e. The second-order valence-electron chi connectivity index (χ2n) is 3.84. The smallest absolute Gasteiger partial charge is 0.337 e. The van der Waals surface area contributed by atoms with Crippen LogP contribution in [0.25, 0.3) is 5.69 Å². The summed E-state index contributed by atoms with van der Waals surface area (Å²) in [5.41, 5.74) is 2.27. The van der Waals surface area contributed by atoms with E-state index in [0.29, 0.717) is 24.0 Å². The first-order chi connectivity index (χ1) is 9.21. The van der Waals surface area contributed by atoms with Crippen LogP contribution in [-0.4, -0.2) is 34.4 Å². The van der Waals surface area contributed by atoms with Crippen LogP contribution in [0.1, 0.15) is 33.5 Å². The Kier molecular flexibility index (Phi) is 3.70. The number of methoxy groups -OCH3 is 1.